The zero-order chi connectivity index (χ0) is 21.6. The summed E-state index contributed by atoms with van der Waals surface area (Å²) >= 11 is 0. The first-order valence-corrected chi connectivity index (χ1v) is 10.4. The first-order chi connectivity index (χ1) is 12.8. The van der Waals surface area contributed by atoms with Gasteiger partial charge in [0.25, 0.3) is 0 Å². The van der Waals surface area contributed by atoms with Gasteiger partial charge >= 0.3 is 18.1 Å². The van der Waals surface area contributed by atoms with E-state index in [1.54, 1.807) is 6.92 Å². The van der Waals surface area contributed by atoms with Crippen molar-refractivity contribution >= 4 is 16.0 Å². The molecule has 1 aliphatic heterocycles. The lowest BCUT2D eigenvalue weighted by Crippen LogP contribution is -2.42. The minimum atomic E-state index is -5.76. The van der Waals surface area contributed by atoms with Crippen molar-refractivity contribution in [3.8, 4) is 0 Å². The summed E-state index contributed by atoms with van der Waals surface area (Å²) in [6.07, 6.45) is -4.81. The van der Waals surface area contributed by atoms with E-state index in [1.165, 1.54) is 0 Å². The minimum absolute atomic E-state index is 0.0707. The lowest BCUT2D eigenvalue weighted by atomic mass is 10.1. The van der Waals surface area contributed by atoms with Crippen LogP contribution in [-0.2, 0) is 19.6 Å². The number of halogens is 5. The maximum Gasteiger partial charge on any atom is 0.455 e. The number of carboxylic acid groups (broad SMARTS) is 1. The highest BCUT2D eigenvalue weighted by atomic mass is 32.2. The van der Waals surface area contributed by atoms with Crippen molar-refractivity contribution in [2.45, 2.75) is 31.9 Å². The number of aliphatic carboxylic acids is 1. The van der Waals surface area contributed by atoms with Gasteiger partial charge in [0, 0.05) is 26.2 Å². The van der Waals surface area contributed by atoms with Crippen LogP contribution >= 0.6 is 0 Å². The molecule has 1 unspecified atom stereocenters. The van der Waals surface area contributed by atoms with Crippen LogP contribution < -0.4 is 0 Å². The van der Waals surface area contributed by atoms with E-state index in [0.29, 0.717) is 32.5 Å². The highest BCUT2D eigenvalue weighted by molar-refractivity contribution is 7.89. The second kappa shape index (κ2) is 10.1. The second-order valence-corrected chi connectivity index (χ2v) is 8.68. The highest BCUT2D eigenvalue weighted by Gasteiger charge is 2.57. The summed E-state index contributed by atoms with van der Waals surface area (Å²) in [5, 5.41) is 8.98. The number of likely N-dealkylation sites (tertiary alicyclic amines) is 1. The molecule has 0 spiro atoms. The summed E-state index contributed by atoms with van der Waals surface area (Å²) in [6, 6.07) is 0. The maximum absolute atomic E-state index is 12.8. The van der Waals surface area contributed by atoms with Gasteiger partial charge in [-0.25, -0.2) is 12.7 Å². The van der Waals surface area contributed by atoms with Gasteiger partial charge in [0.15, 0.2) is 0 Å². The molecule has 28 heavy (non-hydrogen) atoms. The van der Waals surface area contributed by atoms with E-state index in [9.17, 15) is 35.2 Å². The molecule has 166 valence electrons. The summed E-state index contributed by atoms with van der Waals surface area (Å²) in [5.41, 5.74) is 0. The number of rotatable bonds is 12. The molecule has 0 aromatic heterocycles. The minimum Gasteiger partial charge on any atom is -0.481 e. The van der Waals surface area contributed by atoms with E-state index in [4.69, 9.17) is 5.11 Å². The Morgan fingerprint density at radius 1 is 1.25 bits per heavy atom. The first kappa shape index (κ1) is 25.0. The zero-order valence-corrected chi connectivity index (χ0v) is 16.2. The van der Waals surface area contributed by atoms with Gasteiger partial charge in [0.05, 0.1) is 18.3 Å². The Labute approximate surface area is 160 Å². The van der Waals surface area contributed by atoms with Crippen LogP contribution in [0.5, 0.6) is 0 Å². The molecule has 0 bridgehead atoms. The molecule has 0 amide bonds. The number of ether oxygens (including phenoxy) is 1. The zero-order valence-electron chi connectivity index (χ0n) is 15.4. The van der Waals surface area contributed by atoms with Crippen LogP contribution in [0.15, 0.2) is 0 Å². The van der Waals surface area contributed by atoms with Gasteiger partial charge in [-0.2, -0.15) is 22.0 Å². The Balaban J connectivity index is 2.51. The molecule has 0 aromatic rings. The van der Waals surface area contributed by atoms with Crippen LogP contribution in [0.3, 0.4) is 0 Å². The molecule has 1 aliphatic rings. The van der Waals surface area contributed by atoms with E-state index in [-0.39, 0.29) is 13.1 Å². The standard InChI is InChI=1S/C15H25F5N2O5S/c1-2-4-22(7-6-21-5-3-12(10-21)13(23)24)28(25,26)9-8-27-11-14(16,17)15(18,19)20/h12H,2-11H2,1H3,(H,23,24). The summed E-state index contributed by atoms with van der Waals surface area (Å²) in [7, 11) is -3.92. The largest absolute Gasteiger partial charge is 0.481 e. The Hall–Kier alpha value is -1.05. The Bertz CT molecular complexity index is 614. The summed E-state index contributed by atoms with van der Waals surface area (Å²) in [4.78, 5) is 12.8. The van der Waals surface area contributed by atoms with Crippen molar-refractivity contribution in [1.29, 1.82) is 0 Å². The number of sulfonamides is 1. The van der Waals surface area contributed by atoms with Crippen molar-refractivity contribution in [3.63, 3.8) is 0 Å². The summed E-state index contributed by atoms with van der Waals surface area (Å²) in [5.74, 6) is -7.18. The van der Waals surface area contributed by atoms with Crippen LogP contribution in [0, 0.1) is 5.92 Å². The van der Waals surface area contributed by atoms with Gasteiger partial charge in [-0.15, -0.1) is 0 Å². The number of nitrogens with zero attached hydrogens (tertiary/aromatic N) is 2. The topological polar surface area (TPSA) is 87.2 Å². The molecule has 0 radical (unpaired) electrons. The van der Waals surface area contributed by atoms with Gasteiger partial charge in [-0.1, -0.05) is 6.92 Å². The predicted molar refractivity (Wildman–Crippen MR) is 89.7 cm³/mol. The Morgan fingerprint density at radius 2 is 1.89 bits per heavy atom. The molecule has 1 fully saturated rings. The first-order valence-electron chi connectivity index (χ1n) is 8.75. The van der Waals surface area contributed by atoms with Gasteiger partial charge < -0.3 is 14.7 Å². The SMILES string of the molecule is CCCN(CCN1CCC(C(=O)O)C1)S(=O)(=O)CCOCC(F)(F)C(F)(F)F. The third-order valence-corrected chi connectivity index (χ3v) is 6.17. The molecule has 0 aliphatic carbocycles. The Kier molecular flexibility index (Phi) is 9.03. The number of hydrogen-bond acceptors (Lipinski definition) is 5. The third kappa shape index (κ3) is 7.41. The fourth-order valence-electron chi connectivity index (χ4n) is 2.71. The van der Waals surface area contributed by atoms with Crippen LogP contribution in [0.2, 0.25) is 0 Å². The maximum atomic E-state index is 12.8. The van der Waals surface area contributed by atoms with Crippen LogP contribution in [-0.4, -0.2) is 92.5 Å². The molecular weight excluding hydrogens is 415 g/mol. The monoisotopic (exact) mass is 440 g/mol. The lowest BCUT2D eigenvalue weighted by molar-refractivity contribution is -0.296. The molecule has 0 aromatic carbocycles. The van der Waals surface area contributed by atoms with Crippen molar-refractivity contribution in [1.82, 2.24) is 9.21 Å². The number of carbonyl (C=O) groups is 1. The van der Waals surface area contributed by atoms with Gasteiger partial charge in [-0.3, -0.25) is 4.79 Å². The molecule has 1 rings (SSSR count). The number of carboxylic acids is 1. The van der Waals surface area contributed by atoms with Crippen molar-refractivity contribution in [3.05, 3.63) is 0 Å². The molecule has 7 nitrogen and oxygen atoms in total. The van der Waals surface area contributed by atoms with E-state index in [0.717, 1.165) is 4.31 Å². The fourth-order valence-corrected chi connectivity index (χ4v) is 4.11. The van der Waals surface area contributed by atoms with Gasteiger partial charge in [-0.05, 0) is 19.4 Å². The fraction of sp³-hybridized carbons (Fsp3) is 0.933. The Morgan fingerprint density at radius 3 is 2.39 bits per heavy atom. The predicted octanol–water partition coefficient (Wildman–Crippen LogP) is 1.65. The average Bonchev–Trinajstić information content (AvgIpc) is 3.03. The van der Waals surface area contributed by atoms with Crippen LogP contribution in [0.25, 0.3) is 0 Å². The highest BCUT2D eigenvalue weighted by Crippen LogP contribution is 2.35. The van der Waals surface area contributed by atoms with Crippen LogP contribution in [0.1, 0.15) is 19.8 Å². The molecule has 1 atom stereocenters. The van der Waals surface area contributed by atoms with E-state index >= 15 is 0 Å². The van der Waals surface area contributed by atoms with Crippen molar-refractivity contribution in [2.75, 3.05) is 51.7 Å². The van der Waals surface area contributed by atoms with Crippen molar-refractivity contribution in [2.24, 2.45) is 5.92 Å². The summed E-state index contributed by atoms with van der Waals surface area (Å²) < 4.78 is 91.7. The van der Waals surface area contributed by atoms with Crippen molar-refractivity contribution < 1.29 is 45.0 Å². The molecule has 13 heteroatoms. The van der Waals surface area contributed by atoms with E-state index in [2.05, 4.69) is 4.74 Å². The smallest absolute Gasteiger partial charge is 0.455 e. The second-order valence-electron chi connectivity index (χ2n) is 6.59. The quantitative estimate of drug-likeness (QED) is 0.367. The molecule has 1 N–H and O–H groups in total. The summed E-state index contributed by atoms with van der Waals surface area (Å²) in [6.45, 7) is 0.356. The molecule has 1 heterocycles. The average molecular weight is 440 g/mol. The number of hydrogen-bond donors (Lipinski definition) is 1. The van der Waals surface area contributed by atoms with Gasteiger partial charge in [0.2, 0.25) is 10.0 Å². The van der Waals surface area contributed by atoms with Crippen LogP contribution in [0.4, 0.5) is 22.0 Å². The third-order valence-electron chi connectivity index (χ3n) is 4.34. The molecule has 1 saturated heterocycles. The van der Waals surface area contributed by atoms with E-state index in [1.807, 2.05) is 4.90 Å². The number of alkyl halides is 5. The lowest BCUT2D eigenvalue weighted by Gasteiger charge is -2.25. The molecular formula is C15H25F5N2O5S. The van der Waals surface area contributed by atoms with Gasteiger partial charge in [0.1, 0.15) is 6.61 Å². The van der Waals surface area contributed by atoms with E-state index < -0.39 is 53.0 Å². The molecule has 0 saturated carbocycles. The normalized spacial score (nSPS) is 19.5.